The number of amides is 3. The molecule has 0 radical (unpaired) electrons. The molecule has 184 valence electrons. The third-order valence-electron chi connectivity index (χ3n) is 6.25. The summed E-state index contributed by atoms with van der Waals surface area (Å²) in [5.74, 6) is -0.321. The van der Waals surface area contributed by atoms with Crippen LogP contribution >= 0.6 is 0 Å². The summed E-state index contributed by atoms with van der Waals surface area (Å²) in [5.41, 5.74) is 0.428. The van der Waals surface area contributed by atoms with Gasteiger partial charge in [-0.25, -0.2) is 17.6 Å². The molecule has 3 amide bonds. The van der Waals surface area contributed by atoms with Gasteiger partial charge in [0, 0.05) is 12.5 Å². The standard InChI is InChI=1S/C24H35FN2O5S/c1-24(2,3)19(18-9-10-20(25)21(13-18)32-15-17-7-8-17)16-33(30,31)12-6-4-5-11-27-14-22(28)26-23(27)29/h9-10,13,17,19H,4-8,11-12,14-16H2,1-3H3,(H,26,28,29). The minimum absolute atomic E-state index is 0.0206. The average Bonchev–Trinajstić information content (AvgIpc) is 3.48. The zero-order chi connectivity index (χ0) is 24.2. The second-order valence-corrected chi connectivity index (χ2v) is 12.5. The van der Waals surface area contributed by atoms with Crippen molar-refractivity contribution in [2.75, 3.05) is 31.2 Å². The molecule has 0 bridgehead atoms. The summed E-state index contributed by atoms with van der Waals surface area (Å²) in [6.07, 6.45) is 3.98. The number of urea groups is 1. The van der Waals surface area contributed by atoms with E-state index in [9.17, 15) is 22.4 Å². The van der Waals surface area contributed by atoms with Crippen LogP contribution in [0.4, 0.5) is 9.18 Å². The van der Waals surface area contributed by atoms with Gasteiger partial charge in [-0.3, -0.25) is 10.1 Å². The van der Waals surface area contributed by atoms with Crippen LogP contribution in [0.1, 0.15) is 64.4 Å². The summed E-state index contributed by atoms with van der Waals surface area (Å²) >= 11 is 0. The Morgan fingerprint density at radius 2 is 1.91 bits per heavy atom. The molecule has 33 heavy (non-hydrogen) atoms. The number of nitrogens with one attached hydrogen (secondary N) is 1. The van der Waals surface area contributed by atoms with Crippen molar-refractivity contribution in [3.63, 3.8) is 0 Å². The normalized spacial score (nSPS) is 17.9. The second-order valence-electron chi connectivity index (χ2n) is 10.3. The molecule has 1 unspecified atom stereocenters. The number of hydrogen-bond acceptors (Lipinski definition) is 5. The first-order chi connectivity index (χ1) is 15.4. The lowest BCUT2D eigenvalue weighted by Gasteiger charge is -2.31. The Morgan fingerprint density at radius 1 is 1.18 bits per heavy atom. The molecular weight excluding hydrogens is 447 g/mol. The first kappa shape index (κ1) is 25.5. The topological polar surface area (TPSA) is 92.8 Å². The van der Waals surface area contributed by atoms with Gasteiger partial charge in [-0.05, 0) is 54.7 Å². The molecule has 1 saturated carbocycles. The SMILES string of the molecule is CC(C)(C)C(CS(=O)(=O)CCCCCN1CC(=O)NC1=O)c1ccc(F)c(OCC2CC2)c1. The Kier molecular flexibility index (Phi) is 8.03. The zero-order valence-electron chi connectivity index (χ0n) is 19.7. The van der Waals surface area contributed by atoms with Gasteiger partial charge < -0.3 is 9.64 Å². The number of hydrogen-bond donors (Lipinski definition) is 1. The highest BCUT2D eigenvalue weighted by molar-refractivity contribution is 7.91. The summed E-state index contributed by atoms with van der Waals surface area (Å²) in [6, 6.07) is 4.29. The maximum absolute atomic E-state index is 14.2. The Hall–Kier alpha value is -2.16. The maximum Gasteiger partial charge on any atom is 0.324 e. The molecule has 1 aliphatic carbocycles. The number of carbonyl (C=O) groups excluding carboxylic acids is 2. The fourth-order valence-corrected chi connectivity index (χ4v) is 6.00. The molecule has 2 aliphatic rings. The molecule has 0 spiro atoms. The van der Waals surface area contributed by atoms with E-state index in [-0.39, 0.29) is 47.1 Å². The molecule has 9 heteroatoms. The fraction of sp³-hybridized carbons (Fsp3) is 0.667. The molecule has 1 heterocycles. The van der Waals surface area contributed by atoms with Gasteiger partial charge in [0.2, 0.25) is 5.91 Å². The van der Waals surface area contributed by atoms with Gasteiger partial charge in [0.25, 0.3) is 0 Å². The van der Waals surface area contributed by atoms with Crippen LogP contribution in [0, 0.1) is 17.2 Å². The van der Waals surface area contributed by atoms with Crippen molar-refractivity contribution in [2.45, 2.75) is 58.8 Å². The molecular formula is C24H35FN2O5S. The minimum atomic E-state index is -3.35. The van der Waals surface area contributed by atoms with Crippen LogP contribution in [-0.2, 0) is 14.6 Å². The van der Waals surface area contributed by atoms with Crippen LogP contribution in [0.25, 0.3) is 0 Å². The number of sulfone groups is 1. The Labute approximate surface area is 196 Å². The minimum Gasteiger partial charge on any atom is -0.490 e. The van der Waals surface area contributed by atoms with Gasteiger partial charge in [-0.2, -0.15) is 0 Å². The molecule has 1 aromatic carbocycles. The third-order valence-corrected chi connectivity index (χ3v) is 8.00. The summed E-state index contributed by atoms with van der Waals surface area (Å²) in [4.78, 5) is 24.2. The zero-order valence-corrected chi connectivity index (χ0v) is 20.5. The fourth-order valence-electron chi connectivity index (χ4n) is 3.99. The van der Waals surface area contributed by atoms with Gasteiger partial charge in [-0.15, -0.1) is 0 Å². The molecule has 1 N–H and O–H groups in total. The van der Waals surface area contributed by atoms with E-state index < -0.39 is 15.7 Å². The van der Waals surface area contributed by atoms with Gasteiger partial charge in [-0.1, -0.05) is 33.3 Å². The highest BCUT2D eigenvalue weighted by atomic mass is 32.2. The van der Waals surface area contributed by atoms with Crippen molar-refractivity contribution in [3.05, 3.63) is 29.6 Å². The van der Waals surface area contributed by atoms with Crippen molar-refractivity contribution in [1.29, 1.82) is 0 Å². The Bertz CT molecular complexity index is 970. The number of carbonyl (C=O) groups is 2. The number of benzene rings is 1. The van der Waals surface area contributed by atoms with E-state index in [0.29, 0.717) is 38.3 Å². The highest BCUT2D eigenvalue weighted by Crippen LogP contribution is 2.38. The summed E-state index contributed by atoms with van der Waals surface area (Å²) in [5, 5.41) is 2.23. The predicted octanol–water partition coefficient (Wildman–Crippen LogP) is 3.88. The Morgan fingerprint density at radius 3 is 2.52 bits per heavy atom. The molecule has 1 atom stereocenters. The number of halogens is 1. The molecule has 3 rings (SSSR count). The first-order valence-electron chi connectivity index (χ1n) is 11.7. The number of imide groups is 1. The lowest BCUT2D eigenvalue weighted by molar-refractivity contribution is -0.118. The number of nitrogens with zero attached hydrogens (tertiary/aromatic N) is 1. The van der Waals surface area contributed by atoms with Crippen LogP contribution in [0.3, 0.4) is 0 Å². The van der Waals surface area contributed by atoms with E-state index in [1.807, 2.05) is 20.8 Å². The van der Waals surface area contributed by atoms with Crippen molar-refractivity contribution in [3.8, 4) is 5.75 Å². The molecule has 2 fully saturated rings. The van der Waals surface area contributed by atoms with Crippen LogP contribution in [0.15, 0.2) is 18.2 Å². The van der Waals surface area contributed by atoms with Gasteiger partial charge in [0.1, 0.15) is 6.54 Å². The average molecular weight is 483 g/mol. The van der Waals surface area contributed by atoms with Crippen molar-refractivity contribution < 1.29 is 27.1 Å². The van der Waals surface area contributed by atoms with E-state index in [4.69, 9.17) is 4.74 Å². The number of unbranched alkanes of at least 4 members (excludes halogenated alkanes) is 2. The molecule has 1 aliphatic heterocycles. The molecule has 1 aromatic rings. The maximum atomic E-state index is 14.2. The summed E-state index contributed by atoms with van der Waals surface area (Å²) in [6.45, 7) is 6.96. The lowest BCUT2D eigenvalue weighted by atomic mass is 9.77. The van der Waals surface area contributed by atoms with Gasteiger partial charge in [0.15, 0.2) is 21.4 Å². The van der Waals surface area contributed by atoms with E-state index >= 15 is 0 Å². The van der Waals surface area contributed by atoms with E-state index in [2.05, 4.69) is 5.32 Å². The smallest absolute Gasteiger partial charge is 0.324 e. The summed E-state index contributed by atoms with van der Waals surface area (Å²) < 4.78 is 45.8. The lowest BCUT2D eigenvalue weighted by Crippen LogP contribution is -2.29. The van der Waals surface area contributed by atoms with Crippen molar-refractivity contribution in [1.82, 2.24) is 10.2 Å². The monoisotopic (exact) mass is 482 g/mol. The predicted molar refractivity (Wildman–Crippen MR) is 124 cm³/mol. The largest absolute Gasteiger partial charge is 0.490 e. The number of rotatable bonds is 12. The third kappa shape index (κ3) is 7.69. The van der Waals surface area contributed by atoms with Crippen LogP contribution in [0.2, 0.25) is 0 Å². The van der Waals surface area contributed by atoms with E-state index in [1.54, 1.807) is 12.1 Å². The quantitative estimate of drug-likeness (QED) is 0.361. The second kappa shape index (κ2) is 10.4. The van der Waals surface area contributed by atoms with Gasteiger partial charge in [0.05, 0.1) is 18.1 Å². The van der Waals surface area contributed by atoms with Crippen LogP contribution in [0.5, 0.6) is 5.75 Å². The molecule has 1 saturated heterocycles. The van der Waals surface area contributed by atoms with Crippen molar-refractivity contribution in [2.24, 2.45) is 11.3 Å². The van der Waals surface area contributed by atoms with E-state index in [1.165, 1.54) is 11.0 Å². The van der Waals surface area contributed by atoms with Crippen molar-refractivity contribution >= 4 is 21.8 Å². The van der Waals surface area contributed by atoms with E-state index in [0.717, 1.165) is 18.4 Å². The van der Waals surface area contributed by atoms with Gasteiger partial charge >= 0.3 is 6.03 Å². The Balaban J connectivity index is 1.56. The molecule has 7 nitrogen and oxygen atoms in total. The van der Waals surface area contributed by atoms with Crippen LogP contribution < -0.4 is 10.1 Å². The number of ether oxygens (including phenoxy) is 1. The highest BCUT2D eigenvalue weighted by Gasteiger charge is 2.32. The summed E-state index contributed by atoms with van der Waals surface area (Å²) in [7, 11) is -3.35. The van der Waals surface area contributed by atoms with Crippen LogP contribution in [-0.4, -0.2) is 56.5 Å². The first-order valence-corrected chi connectivity index (χ1v) is 13.5. The molecule has 0 aromatic heterocycles.